The summed E-state index contributed by atoms with van der Waals surface area (Å²) in [5.41, 5.74) is 1.34. The fourth-order valence-corrected chi connectivity index (χ4v) is 6.82. The van der Waals surface area contributed by atoms with Crippen LogP contribution in [0.2, 0.25) is 0 Å². The van der Waals surface area contributed by atoms with Gasteiger partial charge in [-0.15, -0.1) is 0 Å². The van der Waals surface area contributed by atoms with Crippen LogP contribution in [0.4, 0.5) is 0 Å². The van der Waals surface area contributed by atoms with Crippen LogP contribution in [-0.2, 0) is 9.53 Å². The number of likely N-dealkylation sites (tertiary alicyclic amines) is 1. The molecule has 3 aliphatic carbocycles. The third kappa shape index (κ3) is 5.48. The Kier molecular flexibility index (Phi) is 7.13. The first-order valence-electron chi connectivity index (χ1n) is 13.7. The number of aliphatic carboxylic acids is 1. The van der Waals surface area contributed by atoms with Crippen LogP contribution in [0.15, 0.2) is 30.3 Å². The highest BCUT2D eigenvalue weighted by molar-refractivity contribution is 5.76. The molecule has 1 unspecified atom stereocenters. The SMILES string of the molecule is O=C(O)C1(CN2CCC(CC[C@@H]3CC3c3ccccc3)(COC3CCCCC3)CC2)CCC1. The van der Waals surface area contributed by atoms with E-state index in [1.54, 1.807) is 0 Å². The summed E-state index contributed by atoms with van der Waals surface area (Å²) in [6, 6.07) is 11.1. The van der Waals surface area contributed by atoms with E-state index in [9.17, 15) is 9.90 Å². The standard InChI is InChI=1S/C29H43NO3/c31-27(32)29(13-7-14-29)21-30-18-16-28(17-19-30,22-33-25-10-5-2-6-11-25)15-12-24-20-26(24)23-8-3-1-4-9-23/h1,3-4,8-9,24-26H,2,5-7,10-22H2,(H,31,32)/t24-,26?/m1/s1. The van der Waals surface area contributed by atoms with Crippen molar-refractivity contribution >= 4 is 5.97 Å². The summed E-state index contributed by atoms with van der Waals surface area (Å²) in [4.78, 5) is 14.3. The highest BCUT2D eigenvalue weighted by atomic mass is 16.5. The smallest absolute Gasteiger partial charge is 0.310 e. The van der Waals surface area contributed by atoms with Gasteiger partial charge in [-0.2, -0.15) is 0 Å². The number of hydrogen-bond donors (Lipinski definition) is 1. The Balaban J connectivity index is 1.17. The van der Waals surface area contributed by atoms with Gasteiger partial charge in [0.2, 0.25) is 0 Å². The van der Waals surface area contributed by atoms with E-state index < -0.39 is 11.4 Å². The molecule has 0 aromatic heterocycles. The number of ether oxygens (including phenoxy) is 1. The molecule has 1 aromatic carbocycles. The summed E-state index contributed by atoms with van der Waals surface area (Å²) in [7, 11) is 0. The largest absolute Gasteiger partial charge is 0.481 e. The molecule has 2 atom stereocenters. The summed E-state index contributed by atoms with van der Waals surface area (Å²) in [5, 5.41) is 9.77. The molecule has 33 heavy (non-hydrogen) atoms. The lowest BCUT2D eigenvalue weighted by Crippen LogP contribution is -2.51. The molecule has 0 amide bonds. The van der Waals surface area contributed by atoms with Gasteiger partial charge in [-0.1, -0.05) is 56.0 Å². The molecule has 3 saturated carbocycles. The van der Waals surface area contributed by atoms with E-state index in [0.29, 0.717) is 6.10 Å². The Hall–Kier alpha value is -1.39. The van der Waals surface area contributed by atoms with Gasteiger partial charge in [-0.3, -0.25) is 4.79 Å². The Labute approximate surface area is 200 Å². The van der Waals surface area contributed by atoms with Gasteiger partial charge in [0.1, 0.15) is 0 Å². The van der Waals surface area contributed by atoms with Crippen LogP contribution in [0.5, 0.6) is 0 Å². The first-order chi connectivity index (χ1) is 16.1. The van der Waals surface area contributed by atoms with Crippen LogP contribution in [0.3, 0.4) is 0 Å². The molecule has 4 aliphatic rings. The molecule has 0 spiro atoms. The molecule has 5 rings (SSSR count). The van der Waals surface area contributed by atoms with E-state index >= 15 is 0 Å². The van der Waals surface area contributed by atoms with Crippen LogP contribution in [0.1, 0.15) is 95.0 Å². The van der Waals surface area contributed by atoms with Gasteiger partial charge in [-0.05, 0) is 93.7 Å². The van der Waals surface area contributed by atoms with Crippen LogP contribution in [-0.4, -0.2) is 48.3 Å². The molecule has 182 valence electrons. The van der Waals surface area contributed by atoms with E-state index in [1.807, 2.05) is 0 Å². The molecule has 1 heterocycles. The number of nitrogens with zero attached hydrogens (tertiary/aromatic N) is 1. The Morgan fingerprint density at radius 2 is 1.73 bits per heavy atom. The zero-order chi connectivity index (χ0) is 22.7. The van der Waals surface area contributed by atoms with E-state index in [2.05, 4.69) is 35.2 Å². The first kappa shape index (κ1) is 23.4. The van der Waals surface area contributed by atoms with Crippen LogP contribution in [0, 0.1) is 16.7 Å². The minimum absolute atomic E-state index is 0.285. The second kappa shape index (κ2) is 10.1. The summed E-state index contributed by atoms with van der Waals surface area (Å²) in [5.74, 6) is 1.02. The van der Waals surface area contributed by atoms with Gasteiger partial charge in [0, 0.05) is 6.54 Å². The van der Waals surface area contributed by atoms with Gasteiger partial charge in [0.05, 0.1) is 18.1 Å². The summed E-state index contributed by atoms with van der Waals surface area (Å²) in [6.07, 6.45) is 16.0. The molecule has 0 bridgehead atoms. The van der Waals surface area contributed by atoms with Crippen LogP contribution >= 0.6 is 0 Å². The average Bonchev–Trinajstić information content (AvgIpc) is 3.61. The van der Waals surface area contributed by atoms with Crippen molar-refractivity contribution in [1.29, 1.82) is 0 Å². The van der Waals surface area contributed by atoms with Crippen LogP contribution in [0.25, 0.3) is 0 Å². The minimum atomic E-state index is -0.577. The van der Waals surface area contributed by atoms with Gasteiger partial charge < -0.3 is 14.7 Å². The average molecular weight is 454 g/mol. The quantitative estimate of drug-likeness (QED) is 0.454. The molecule has 4 heteroatoms. The van der Waals surface area contributed by atoms with Gasteiger partial charge in [0.15, 0.2) is 0 Å². The Bertz CT molecular complexity index is 775. The van der Waals surface area contributed by atoms with E-state index in [1.165, 1.54) is 56.9 Å². The second-order valence-corrected chi connectivity index (χ2v) is 11.8. The molecule has 1 saturated heterocycles. The third-order valence-corrected chi connectivity index (χ3v) is 9.58. The monoisotopic (exact) mass is 453 g/mol. The zero-order valence-corrected chi connectivity index (χ0v) is 20.4. The van der Waals surface area contributed by atoms with E-state index in [4.69, 9.17) is 4.74 Å². The maximum Gasteiger partial charge on any atom is 0.310 e. The van der Waals surface area contributed by atoms with E-state index in [0.717, 1.165) is 70.2 Å². The highest BCUT2D eigenvalue weighted by Crippen LogP contribution is 2.52. The number of carbonyl (C=O) groups is 1. The lowest BCUT2D eigenvalue weighted by molar-refractivity contribution is -0.157. The van der Waals surface area contributed by atoms with Crippen LogP contribution < -0.4 is 0 Å². The summed E-state index contributed by atoms with van der Waals surface area (Å²) >= 11 is 0. The number of carboxylic acids is 1. The van der Waals surface area contributed by atoms with Crippen molar-refractivity contribution in [1.82, 2.24) is 4.90 Å². The van der Waals surface area contributed by atoms with Gasteiger partial charge in [-0.25, -0.2) is 0 Å². The van der Waals surface area contributed by atoms with Crippen molar-refractivity contribution in [2.24, 2.45) is 16.7 Å². The maximum absolute atomic E-state index is 11.9. The molecule has 1 aliphatic heterocycles. The Morgan fingerprint density at radius 3 is 2.36 bits per heavy atom. The molecule has 4 nitrogen and oxygen atoms in total. The van der Waals surface area contributed by atoms with Crippen molar-refractivity contribution < 1.29 is 14.6 Å². The number of piperidine rings is 1. The predicted octanol–water partition coefficient (Wildman–Crippen LogP) is 6.26. The third-order valence-electron chi connectivity index (χ3n) is 9.58. The maximum atomic E-state index is 11.9. The topological polar surface area (TPSA) is 49.8 Å². The molecular weight excluding hydrogens is 410 g/mol. The first-order valence-corrected chi connectivity index (χ1v) is 13.7. The van der Waals surface area contributed by atoms with Crippen molar-refractivity contribution in [3.05, 3.63) is 35.9 Å². The number of carboxylic acid groups (broad SMARTS) is 1. The predicted molar refractivity (Wildman–Crippen MR) is 131 cm³/mol. The fourth-order valence-electron chi connectivity index (χ4n) is 6.82. The number of benzene rings is 1. The lowest BCUT2D eigenvalue weighted by atomic mass is 9.67. The van der Waals surface area contributed by atoms with Crippen molar-refractivity contribution in [2.75, 3.05) is 26.2 Å². The zero-order valence-electron chi connectivity index (χ0n) is 20.4. The highest BCUT2D eigenvalue weighted by Gasteiger charge is 2.47. The van der Waals surface area contributed by atoms with Crippen molar-refractivity contribution in [3.63, 3.8) is 0 Å². The van der Waals surface area contributed by atoms with Gasteiger partial charge in [0.25, 0.3) is 0 Å². The fraction of sp³-hybridized carbons (Fsp3) is 0.759. The van der Waals surface area contributed by atoms with Gasteiger partial charge >= 0.3 is 5.97 Å². The lowest BCUT2D eigenvalue weighted by Gasteiger charge is -2.47. The molecule has 0 radical (unpaired) electrons. The van der Waals surface area contributed by atoms with Crippen molar-refractivity contribution in [3.8, 4) is 0 Å². The normalized spacial score (nSPS) is 29.3. The number of hydrogen-bond acceptors (Lipinski definition) is 3. The number of rotatable bonds is 10. The second-order valence-electron chi connectivity index (χ2n) is 11.8. The summed E-state index contributed by atoms with van der Waals surface area (Å²) < 4.78 is 6.58. The molecule has 1 N–H and O–H groups in total. The summed E-state index contributed by atoms with van der Waals surface area (Å²) in [6.45, 7) is 3.74. The molecule has 4 fully saturated rings. The minimum Gasteiger partial charge on any atom is -0.481 e. The molecule has 1 aromatic rings. The molecular formula is C29H43NO3. The van der Waals surface area contributed by atoms with Crippen molar-refractivity contribution in [2.45, 2.75) is 95.5 Å². The Morgan fingerprint density at radius 1 is 1.00 bits per heavy atom. The van der Waals surface area contributed by atoms with E-state index in [-0.39, 0.29) is 5.41 Å².